The number of hydrogen-bond donors (Lipinski definition) is 0. The van der Waals surface area contributed by atoms with Gasteiger partial charge in [-0.2, -0.15) is 0 Å². The highest BCUT2D eigenvalue weighted by atomic mass is 16.5. The molecular weight excluding hydrogens is 322 g/mol. The fourth-order valence-corrected chi connectivity index (χ4v) is 4.26. The number of nitrogens with zero attached hydrogens (tertiary/aromatic N) is 3. The lowest BCUT2D eigenvalue weighted by Crippen LogP contribution is -2.40. The molecule has 0 unspecified atom stereocenters. The van der Waals surface area contributed by atoms with E-state index in [1.54, 1.807) is 0 Å². The molecule has 1 aromatic heterocycles. The number of likely N-dealkylation sites (tertiary alicyclic amines) is 1. The minimum atomic E-state index is 0.0344. The maximum Gasteiger partial charge on any atom is 0.125 e. The number of aromatic nitrogens is 2. The minimum Gasteiger partial charge on any atom is -0.376 e. The monoisotopic (exact) mass is 351 g/mol. The normalized spacial score (nSPS) is 23.4. The first-order valence-corrected chi connectivity index (χ1v) is 9.58. The summed E-state index contributed by atoms with van der Waals surface area (Å²) in [5, 5.41) is 0. The van der Waals surface area contributed by atoms with Crippen molar-refractivity contribution in [3.63, 3.8) is 0 Å². The molecule has 2 aliphatic rings. The average Bonchev–Trinajstić information content (AvgIpc) is 2.99. The van der Waals surface area contributed by atoms with Crippen LogP contribution in [0.5, 0.6) is 0 Å². The predicted octanol–water partition coefficient (Wildman–Crippen LogP) is 3.76. The lowest BCUT2D eigenvalue weighted by molar-refractivity contribution is 0.0500. The molecule has 0 amide bonds. The molecule has 0 saturated carbocycles. The zero-order chi connectivity index (χ0) is 18.4. The second-order valence-corrected chi connectivity index (χ2v) is 8.97. The summed E-state index contributed by atoms with van der Waals surface area (Å²) < 4.78 is 5.92. The van der Waals surface area contributed by atoms with Crippen LogP contribution in [-0.4, -0.2) is 34.6 Å². The van der Waals surface area contributed by atoms with E-state index < -0.39 is 0 Å². The third-order valence-corrected chi connectivity index (χ3v) is 5.78. The van der Waals surface area contributed by atoms with E-state index in [1.165, 1.54) is 22.4 Å². The van der Waals surface area contributed by atoms with Crippen molar-refractivity contribution in [3.05, 3.63) is 58.7 Å². The fourth-order valence-electron chi connectivity index (χ4n) is 4.26. The molecule has 1 aromatic carbocycles. The Morgan fingerprint density at radius 1 is 1.19 bits per heavy atom. The fraction of sp³-hybridized carbons (Fsp3) is 0.545. The van der Waals surface area contributed by atoms with Gasteiger partial charge in [0.15, 0.2) is 0 Å². The Kier molecular flexibility index (Phi) is 4.36. The molecule has 2 aliphatic heterocycles. The number of ether oxygens (including phenoxy) is 1. The summed E-state index contributed by atoms with van der Waals surface area (Å²) in [5.74, 6) is 0.862. The van der Waals surface area contributed by atoms with Gasteiger partial charge in [-0.3, -0.25) is 4.90 Å². The van der Waals surface area contributed by atoms with Gasteiger partial charge in [-0.25, -0.2) is 9.97 Å². The Labute approximate surface area is 156 Å². The maximum atomic E-state index is 5.92. The van der Waals surface area contributed by atoms with Crippen LogP contribution in [0.4, 0.5) is 0 Å². The molecule has 4 heteroatoms. The van der Waals surface area contributed by atoms with E-state index in [0.29, 0.717) is 6.61 Å². The third-order valence-electron chi connectivity index (χ3n) is 5.78. The zero-order valence-electron chi connectivity index (χ0n) is 16.4. The quantitative estimate of drug-likeness (QED) is 0.826. The first-order chi connectivity index (χ1) is 12.4. The number of rotatable bonds is 2. The molecule has 1 fully saturated rings. The van der Waals surface area contributed by atoms with Crippen LogP contribution >= 0.6 is 0 Å². The molecule has 26 heavy (non-hydrogen) atoms. The van der Waals surface area contributed by atoms with Gasteiger partial charge in [-0.1, -0.05) is 45.0 Å². The molecule has 0 bridgehead atoms. The molecule has 3 heterocycles. The number of hydrogen-bond acceptors (Lipinski definition) is 4. The summed E-state index contributed by atoms with van der Waals surface area (Å²) in [6, 6.07) is 9.11. The van der Waals surface area contributed by atoms with Gasteiger partial charge in [0, 0.05) is 24.8 Å². The highest BCUT2D eigenvalue weighted by molar-refractivity contribution is 5.31. The van der Waals surface area contributed by atoms with Crippen molar-refractivity contribution in [1.29, 1.82) is 0 Å². The second kappa shape index (κ2) is 6.43. The molecule has 2 aromatic rings. The van der Waals surface area contributed by atoms with Crippen molar-refractivity contribution in [1.82, 2.24) is 14.9 Å². The van der Waals surface area contributed by atoms with Gasteiger partial charge in [0.1, 0.15) is 5.82 Å². The molecule has 1 spiro atoms. The van der Waals surface area contributed by atoms with E-state index >= 15 is 0 Å². The van der Waals surface area contributed by atoms with Gasteiger partial charge < -0.3 is 4.74 Å². The topological polar surface area (TPSA) is 38.2 Å². The Morgan fingerprint density at radius 3 is 2.69 bits per heavy atom. The van der Waals surface area contributed by atoms with Gasteiger partial charge in [-0.15, -0.1) is 0 Å². The van der Waals surface area contributed by atoms with Crippen LogP contribution in [0.3, 0.4) is 0 Å². The van der Waals surface area contributed by atoms with Crippen molar-refractivity contribution in [3.8, 4) is 0 Å². The summed E-state index contributed by atoms with van der Waals surface area (Å²) in [4.78, 5) is 11.7. The second-order valence-electron chi connectivity index (χ2n) is 8.97. The van der Waals surface area contributed by atoms with Crippen LogP contribution in [0, 0.1) is 6.92 Å². The Morgan fingerprint density at radius 2 is 1.96 bits per heavy atom. The van der Waals surface area contributed by atoms with E-state index in [4.69, 9.17) is 9.72 Å². The average molecular weight is 351 g/mol. The van der Waals surface area contributed by atoms with E-state index in [-0.39, 0.29) is 10.8 Å². The molecule has 4 rings (SSSR count). The minimum absolute atomic E-state index is 0.0344. The van der Waals surface area contributed by atoms with Crippen LogP contribution in [0.15, 0.2) is 30.5 Å². The van der Waals surface area contributed by atoms with E-state index in [1.807, 2.05) is 13.1 Å². The zero-order valence-corrected chi connectivity index (χ0v) is 16.4. The molecule has 0 aliphatic carbocycles. The Balaban J connectivity index is 1.51. The van der Waals surface area contributed by atoms with E-state index in [9.17, 15) is 0 Å². The Hall–Kier alpha value is -1.78. The van der Waals surface area contributed by atoms with Crippen LogP contribution < -0.4 is 0 Å². The van der Waals surface area contributed by atoms with Gasteiger partial charge >= 0.3 is 0 Å². The van der Waals surface area contributed by atoms with Gasteiger partial charge in [0.05, 0.1) is 24.3 Å². The summed E-state index contributed by atoms with van der Waals surface area (Å²) in [6.07, 6.45) is 3.06. The number of benzene rings is 1. The summed E-state index contributed by atoms with van der Waals surface area (Å²) in [6.45, 7) is 13.3. The van der Waals surface area contributed by atoms with Crippen molar-refractivity contribution in [2.24, 2.45) is 0 Å². The maximum absolute atomic E-state index is 5.92. The van der Waals surface area contributed by atoms with Crippen molar-refractivity contribution in [2.45, 2.75) is 58.1 Å². The smallest absolute Gasteiger partial charge is 0.125 e. The number of aryl methyl sites for hydroxylation is 1. The lowest BCUT2D eigenvalue weighted by Gasteiger charge is -2.34. The lowest BCUT2D eigenvalue weighted by atomic mass is 9.80. The Bertz CT molecular complexity index is 794. The van der Waals surface area contributed by atoms with Crippen LogP contribution in [-0.2, 0) is 28.7 Å². The highest BCUT2D eigenvalue weighted by Gasteiger charge is 2.44. The largest absolute Gasteiger partial charge is 0.376 e. The predicted molar refractivity (Wildman–Crippen MR) is 103 cm³/mol. The van der Waals surface area contributed by atoms with Gasteiger partial charge in [-0.05, 0) is 36.4 Å². The molecule has 0 N–H and O–H groups in total. The first kappa shape index (κ1) is 17.6. The molecule has 4 nitrogen and oxygen atoms in total. The van der Waals surface area contributed by atoms with Crippen molar-refractivity contribution >= 4 is 0 Å². The third kappa shape index (κ3) is 3.28. The van der Waals surface area contributed by atoms with Gasteiger partial charge in [0.25, 0.3) is 0 Å². The first-order valence-electron chi connectivity index (χ1n) is 9.58. The summed E-state index contributed by atoms with van der Waals surface area (Å²) in [5.41, 5.74) is 5.40. The molecular formula is C22H29N3O. The van der Waals surface area contributed by atoms with Crippen LogP contribution in [0.25, 0.3) is 0 Å². The molecule has 0 radical (unpaired) electrons. The molecule has 1 atom stereocenters. The van der Waals surface area contributed by atoms with E-state index in [0.717, 1.165) is 38.5 Å². The number of fused-ring (bicyclic) bond motifs is 2. The molecule has 138 valence electrons. The van der Waals surface area contributed by atoms with Crippen LogP contribution in [0.1, 0.15) is 55.4 Å². The molecule has 1 saturated heterocycles. The van der Waals surface area contributed by atoms with E-state index in [2.05, 4.69) is 54.9 Å². The van der Waals surface area contributed by atoms with Crippen molar-refractivity contribution < 1.29 is 4.74 Å². The van der Waals surface area contributed by atoms with Crippen LogP contribution in [0.2, 0.25) is 0 Å². The highest BCUT2D eigenvalue weighted by Crippen LogP contribution is 2.39. The summed E-state index contributed by atoms with van der Waals surface area (Å²) >= 11 is 0. The SMILES string of the molecule is Cc1ncc2c(n1)[C@]1(CCN(Cc3ccc(C(C)(C)C)cc3)C1)COC2. The van der Waals surface area contributed by atoms with Crippen molar-refractivity contribution in [2.75, 3.05) is 19.7 Å². The van der Waals surface area contributed by atoms with Gasteiger partial charge in [0.2, 0.25) is 0 Å². The summed E-state index contributed by atoms with van der Waals surface area (Å²) in [7, 11) is 0. The standard InChI is InChI=1S/C22H29N3O/c1-16-23-11-18-13-26-15-22(20(18)24-16)9-10-25(14-22)12-17-5-7-19(8-6-17)21(2,3)4/h5-8,11H,9-10,12-15H2,1-4H3/t22-/m0/s1.